The zero-order valence-corrected chi connectivity index (χ0v) is 8.90. The molecule has 1 radical (unpaired) electrons. The van der Waals surface area contributed by atoms with Gasteiger partial charge in [0.2, 0.25) is 0 Å². The number of aryl methyl sites for hydroxylation is 1. The first-order valence-electron chi connectivity index (χ1n) is 5.19. The third kappa shape index (κ3) is 1.25. The summed E-state index contributed by atoms with van der Waals surface area (Å²) in [5.74, 6) is 0. The molecule has 0 aliphatic carbocycles. The maximum atomic E-state index is 9.22. The molecule has 77 valence electrons. The quantitative estimate of drug-likeness (QED) is 0.622. The van der Waals surface area contributed by atoms with Gasteiger partial charge in [-0.2, -0.15) is 0 Å². The predicted molar refractivity (Wildman–Crippen MR) is 66.1 cm³/mol. The lowest BCUT2D eigenvalue weighted by Gasteiger charge is -1.97. The normalized spacial score (nSPS) is 11.1. The molecule has 3 rings (SSSR count). The molecule has 0 bridgehead atoms. The molecule has 3 aromatic rings. The Kier molecular flexibility index (Phi) is 2.01. The molecule has 0 unspecified atom stereocenters. The van der Waals surface area contributed by atoms with Crippen LogP contribution in [0.4, 0.5) is 0 Å². The first kappa shape index (κ1) is 9.49. The summed E-state index contributed by atoms with van der Waals surface area (Å²) in [6.45, 7) is 2.05. The molecule has 0 saturated carbocycles. The van der Waals surface area contributed by atoms with Gasteiger partial charge in [-0.25, -0.2) is 0 Å². The number of hydrogen-bond acceptors (Lipinski definition) is 2. The standard InChI is InChI=1S/C13H10BO2/c1-8-5-6-11-9(7-8)13-10(14-15)3-2-4-12(13)16-11/h2-7,15H,1H3. The van der Waals surface area contributed by atoms with Crippen molar-refractivity contribution < 1.29 is 9.44 Å². The van der Waals surface area contributed by atoms with E-state index >= 15 is 0 Å². The average molecular weight is 209 g/mol. The minimum Gasteiger partial charge on any atom is -0.456 e. The van der Waals surface area contributed by atoms with Crippen molar-refractivity contribution in [3.8, 4) is 0 Å². The molecule has 1 heterocycles. The summed E-state index contributed by atoms with van der Waals surface area (Å²) >= 11 is 0. The molecule has 3 heteroatoms. The first-order chi connectivity index (χ1) is 7.79. The highest BCUT2D eigenvalue weighted by atomic mass is 16.3. The summed E-state index contributed by atoms with van der Waals surface area (Å²) in [7, 11) is 1.12. The van der Waals surface area contributed by atoms with Gasteiger partial charge in [0, 0.05) is 10.8 Å². The minimum atomic E-state index is 0.793. The summed E-state index contributed by atoms with van der Waals surface area (Å²) in [6, 6.07) is 11.7. The summed E-state index contributed by atoms with van der Waals surface area (Å²) in [6.07, 6.45) is 0. The van der Waals surface area contributed by atoms with Gasteiger partial charge in [-0.3, -0.25) is 0 Å². The monoisotopic (exact) mass is 209 g/mol. The molecule has 0 saturated heterocycles. The predicted octanol–water partition coefficient (Wildman–Crippen LogP) is 2.13. The molecule has 0 atom stereocenters. The van der Waals surface area contributed by atoms with Crippen LogP contribution >= 0.6 is 0 Å². The molecule has 2 nitrogen and oxygen atoms in total. The van der Waals surface area contributed by atoms with E-state index in [2.05, 4.69) is 6.07 Å². The molecule has 0 amide bonds. The van der Waals surface area contributed by atoms with Crippen molar-refractivity contribution in [2.75, 3.05) is 0 Å². The van der Waals surface area contributed by atoms with Crippen LogP contribution < -0.4 is 5.46 Å². The number of hydrogen-bond donors (Lipinski definition) is 1. The highest BCUT2D eigenvalue weighted by Gasteiger charge is 2.10. The zero-order chi connectivity index (χ0) is 11.1. The fourth-order valence-electron chi connectivity index (χ4n) is 2.08. The summed E-state index contributed by atoms with van der Waals surface area (Å²) in [5.41, 5.74) is 3.64. The summed E-state index contributed by atoms with van der Waals surface area (Å²) in [4.78, 5) is 0. The van der Waals surface area contributed by atoms with Gasteiger partial charge in [0.05, 0.1) is 0 Å². The molecule has 2 aromatic carbocycles. The van der Waals surface area contributed by atoms with Crippen molar-refractivity contribution in [1.82, 2.24) is 0 Å². The molecule has 0 aliphatic heterocycles. The average Bonchev–Trinajstić information content (AvgIpc) is 2.66. The molecule has 0 spiro atoms. The second kappa shape index (κ2) is 3.39. The smallest absolute Gasteiger partial charge is 0.327 e. The lowest BCUT2D eigenvalue weighted by molar-refractivity contribution is 0.615. The van der Waals surface area contributed by atoms with Gasteiger partial charge in [-0.15, -0.1) is 0 Å². The SMILES string of the molecule is Cc1ccc2oc3cccc([B]O)c3c2c1. The van der Waals surface area contributed by atoms with Gasteiger partial charge in [0.1, 0.15) is 11.2 Å². The third-order valence-corrected chi connectivity index (χ3v) is 2.82. The fourth-order valence-corrected chi connectivity index (χ4v) is 2.08. The minimum absolute atomic E-state index is 0.793. The van der Waals surface area contributed by atoms with Crippen LogP contribution in [0.15, 0.2) is 40.8 Å². The van der Waals surface area contributed by atoms with E-state index in [1.54, 1.807) is 0 Å². The van der Waals surface area contributed by atoms with Crippen molar-refractivity contribution in [1.29, 1.82) is 0 Å². The van der Waals surface area contributed by atoms with Crippen LogP contribution in [0.25, 0.3) is 21.9 Å². The Morgan fingerprint density at radius 3 is 2.81 bits per heavy atom. The van der Waals surface area contributed by atoms with Crippen LogP contribution in [0.3, 0.4) is 0 Å². The molecule has 1 aromatic heterocycles. The zero-order valence-electron chi connectivity index (χ0n) is 8.90. The van der Waals surface area contributed by atoms with Crippen molar-refractivity contribution in [2.45, 2.75) is 6.92 Å². The lowest BCUT2D eigenvalue weighted by atomic mass is 9.85. The van der Waals surface area contributed by atoms with Crippen LogP contribution in [-0.4, -0.2) is 12.5 Å². The van der Waals surface area contributed by atoms with Gasteiger partial charge < -0.3 is 9.44 Å². The van der Waals surface area contributed by atoms with E-state index in [4.69, 9.17) is 4.42 Å². The Balaban J connectivity index is 2.54. The highest BCUT2D eigenvalue weighted by Crippen LogP contribution is 2.27. The van der Waals surface area contributed by atoms with Crippen LogP contribution in [0.2, 0.25) is 0 Å². The van der Waals surface area contributed by atoms with Gasteiger partial charge in [0.15, 0.2) is 0 Å². The fraction of sp³-hybridized carbons (Fsp3) is 0.0769. The van der Waals surface area contributed by atoms with Gasteiger partial charge in [-0.05, 0) is 30.6 Å². The van der Waals surface area contributed by atoms with Crippen molar-refractivity contribution in [3.63, 3.8) is 0 Å². The third-order valence-electron chi connectivity index (χ3n) is 2.82. The Hall–Kier alpha value is -1.74. The molecular weight excluding hydrogens is 199 g/mol. The largest absolute Gasteiger partial charge is 0.456 e. The van der Waals surface area contributed by atoms with E-state index in [1.165, 1.54) is 5.56 Å². The number of fused-ring (bicyclic) bond motifs is 3. The molecular formula is C13H10BO2. The Bertz CT molecular complexity index is 670. The molecule has 16 heavy (non-hydrogen) atoms. The van der Waals surface area contributed by atoms with Gasteiger partial charge in [-0.1, -0.05) is 23.8 Å². The number of rotatable bonds is 1. The van der Waals surface area contributed by atoms with Gasteiger partial charge >= 0.3 is 7.48 Å². The lowest BCUT2D eigenvalue weighted by Crippen LogP contribution is -2.13. The second-order valence-corrected chi connectivity index (χ2v) is 3.95. The Labute approximate surface area is 93.8 Å². The Morgan fingerprint density at radius 1 is 1.12 bits per heavy atom. The van der Waals surface area contributed by atoms with E-state index in [-0.39, 0.29) is 0 Å². The summed E-state index contributed by atoms with van der Waals surface area (Å²) < 4.78 is 5.72. The second-order valence-electron chi connectivity index (χ2n) is 3.95. The van der Waals surface area contributed by atoms with Crippen LogP contribution in [-0.2, 0) is 0 Å². The van der Waals surface area contributed by atoms with Crippen LogP contribution in [0.1, 0.15) is 5.56 Å². The van der Waals surface area contributed by atoms with Crippen molar-refractivity contribution in [2.24, 2.45) is 0 Å². The first-order valence-corrected chi connectivity index (χ1v) is 5.19. The number of furan rings is 1. The van der Waals surface area contributed by atoms with Crippen LogP contribution in [0, 0.1) is 6.92 Å². The van der Waals surface area contributed by atoms with Gasteiger partial charge in [0.25, 0.3) is 0 Å². The maximum Gasteiger partial charge on any atom is 0.327 e. The Morgan fingerprint density at radius 2 is 2.00 bits per heavy atom. The maximum absolute atomic E-state index is 9.22. The summed E-state index contributed by atoms with van der Waals surface area (Å²) in [5, 5.41) is 11.2. The number of benzene rings is 2. The molecule has 1 N–H and O–H groups in total. The van der Waals surface area contributed by atoms with Crippen molar-refractivity contribution >= 4 is 34.9 Å². The topological polar surface area (TPSA) is 33.4 Å². The highest BCUT2D eigenvalue weighted by molar-refractivity contribution is 6.51. The van der Waals surface area contributed by atoms with E-state index in [0.717, 1.165) is 34.9 Å². The van der Waals surface area contributed by atoms with E-state index in [0.29, 0.717) is 0 Å². The van der Waals surface area contributed by atoms with E-state index < -0.39 is 0 Å². The van der Waals surface area contributed by atoms with Crippen molar-refractivity contribution in [3.05, 3.63) is 42.0 Å². The van der Waals surface area contributed by atoms with E-state index in [1.807, 2.05) is 37.3 Å². The molecule has 0 aliphatic rings. The van der Waals surface area contributed by atoms with E-state index in [9.17, 15) is 5.02 Å². The molecule has 0 fully saturated rings. The van der Waals surface area contributed by atoms with Crippen LogP contribution in [0.5, 0.6) is 0 Å².